The maximum absolute atomic E-state index is 13.5. The van der Waals surface area contributed by atoms with Gasteiger partial charge in [-0.1, -0.05) is 24.3 Å². The van der Waals surface area contributed by atoms with E-state index >= 15 is 0 Å². The molecule has 1 saturated heterocycles. The molecule has 1 atom stereocenters. The average Bonchev–Trinajstić information content (AvgIpc) is 2.82. The number of carbonyl (C=O) groups excluding carboxylic acids is 2. The molecule has 1 aromatic carbocycles. The largest absolute Gasteiger partial charge is 0.453 e. The molecule has 170 valence electrons. The zero-order chi connectivity index (χ0) is 22.9. The van der Waals surface area contributed by atoms with E-state index in [-0.39, 0.29) is 5.91 Å². The van der Waals surface area contributed by atoms with Crippen molar-refractivity contribution in [2.24, 2.45) is 0 Å². The van der Waals surface area contributed by atoms with Crippen molar-refractivity contribution in [2.75, 3.05) is 44.7 Å². The van der Waals surface area contributed by atoms with Gasteiger partial charge in [-0.3, -0.25) is 9.69 Å². The second-order valence-corrected chi connectivity index (χ2v) is 7.73. The Morgan fingerprint density at radius 1 is 1.03 bits per heavy atom. The van der Waals surface area contributed by atoms with Crippen molar-refractivity contribution < 1.29 is 27.5 Å². The molecule has 0 spiro atoms. The fourth-order valence-electron chi connectivity index (χ4n) is 4.22. The van der Waals surface area contributed by atoms with E-state index in [4.69, 9.17) is 4.74 Å². The van der Waals surface area contributed by atoms with Gasteiger partial charge in [-0.15, -0.1) is 0 Å². The van der Waals surface area contributed by atoms with Crippen molar-refractivity contribution in [3.8, 4) is 0 Å². The van der Waals surface area contributed by atoms with Crippen LogP contribution in [0.25, 0.3) is 0 Å². The van der Waals surface area contributed by atoms with Crippen LogP contribution in [0.2, 0.25) is 0 Å². The summed E-state index contributed by atoms with van der Waals surface area (Å²) in [4.78, 5) is 34.7. The van der Waals surface area contributed by atoms with Crippen molar-refractivity contribution >= 4 is 17.8 Å². The summed E-state index contributed by atoms with van der Waals surface area (Å²) in [5.41, 5.74) is 1.02. The number of methoxy groups -OCH3 is 1. The van der Waals surface area contributed by atoms with Crippen LogP contribution in [0.1, 0.15) is 22.7 Å². The molecule has 2 amide bonds. The molecule has 0 saturated carbocycles. The van der Waals surface area contributed by atoms with Crippen molar-refractivity contribution in [1.29, 1.82) is 0 Å². The molecule has 0 N–H and O–H groups in total. The summed E-state index contributed by atoms with van der Waals surface area (Å²) >= 11 is 0. The first-order valence-electron chi connectivity index (χ1n) is 10.3. The predicted octanol–water partition coefficient (Wildman–Crippen LogP) is 3.11. The molecule has 3 heterocycles. The van der Waals surface area contributed by atoms with Crippen molar-refractivity contribution in [1.82, 2.24) is 14.8 Å². The first kappa shape index (κ1) is 21.9. The van der Waals surface area contributed by atoms with E-state index in [0.29, 0.717) is 45.0 Å². The topological polar surface area (TPSA) is 66.0 Å². The molecule has 1 unspecified atom stereocenters. The number of amides is 2. The molecule has 2 aromatic rings. The normalized spacial score (nSPS) is 18.9. The number of anilines is 1. The number of carbonyl (C=O) groups is 2. The highest BCUT2D eigenvalue weighted by Gasteiger charge is 2.39. The summed E-state index contributed by atoms with van der Waals surface area (Å²) in [6, 6.07) is 9.15. The van der Waals surface area contributed by atoms with Gasteiger partial charge in [0.2, 0.25) is 5.91 Å². The van der Waals surface area contributed by atoms with Gasteiger partial charge in [-0.05, 0) is 29.7 Å². The minimum absolute atomic E-state index is 0.192. The molecule has 4 rings (SSSR count). The zero-order valence-corrected chi connectivity index (χ0v) is 17.5. The highest BCUT2D eigenvalue weighted by Crippen LogP contribution is 2.33. The van der Waals surface area contributed by atoms with Gasteiger partial charge >= 0.3 is 12.3 Å². The highest BCUT2D eigenvalue weighted by atomic mass is 19.4. The second kappa shape index (κ2) is 8.68. The zero-order valence-electron chi connectivity index (χ0n) is 17.5. The van der Waals surface area contributed by atoms with Gasteiger partial charge in [-0.2, -0.15) is 13.2 Å². The van der Waals surface area contributed by atoms with E-state index in [9.17, 15) is 22.8 Å². The Kier molecular flexibility index (Phi) is 5.94. The van der Waals surface area contributed by atoms with Gasteiger partial charge in [-0.25, -0.2) is 9.78 Å². The maximum Gasteiger partial charge on any atom is 0.417 e. The summed E-state index contributed by atoms with van der Waals surface area (Å²) in [5.74, 6) is 0.242. The quantitative estimate of drug-likeness (QED) is 0.707. The molecule has 1 fully saturated rings. The molecule has 7 nitrogen and oxygen atoms in total. The van der Waals surface area contributed by atoms with Crippen LogP contribution >= 0.6 is 0 Å². The fourth-order valence-corrected chi connectivity index (χ4v) is 4.22. The van der Waals surface area contributed by atoms with Crippen LogP contribution in [0, 0.1) is 0 Å². The first-order chi connectivity index (χ1) is 15.3. The van der Waals surface area contributed by atoms with Crippen molar-refractivity contribution in [2.45, 2.75) is 18.6 Å². The number of piperazine rings is 1. The van der Waals surface area contributed by atoms with Crippen LogP contribution in [-0.4, -0.2) is 66.6 Å². The fraction of sp³-hybridized carbons (Fsp3) is 0.409. The van der Waals surface area contributed by atoms with E-state index in [2.05, 4.69) is 4.98 Å². The number of alkyl halides is 3. The van der Waals surface area contributed by atoms with Gasteiger partial charge in [0.05, 0.1) is 12.7 Å². The number of benzene rings is 1. The Balaban J connectivity index is 1.48. The summed E-state index contributed by atoms with van der Waals surface area (Å²) in [6.45, 7) is 1.98. The lowest BCUT2D eigenvalue weighted by Crippen LogP contribution is -2.54. The lowest BCUT2D eigenvalue weighted by atomic mass is 9.92. The van der Waals surface area contributed by atoms with E-state index in [1.807, 2.05) is 29.2 Å². The minimum Gasteiger partial charge on any atom is -0.453 e. The van der Waals surface area contributed by atoms with E-state index < -0.39 is 23.9 Å². The molecule has 2 aliphatic heterocycles. The lowest BCUT2D eigenvalue weighted by Gasteiger charge is -2.41. The molecule has 1 aromatic heterocycles. The highest BCUT2D eigenvalue weighted by molar-refractivity contribution is 5.88. The van der Waals surface area contributed by atoms with Gasteiger partial charge in [0.25, 0.3) is 0 Å². The van der Waals surface area contributed by atoms with Crippen LogP contribution in [0.5, 0.6) is 0 Å². The van der Waals surface area contributed by atoms with Crippen LogP contribution in [0.4, 0.5) is 23.8 Å². The van der Waals surface area contributed by atoms with Crippen LogP contribution in [0.3, 0.4) is 0 Å². The van der Waals surface area contributed by atoms with Crippen LogP contribution in [0.15, 0.2) is 42.6 Å². The monoisotopic (exact) mass is 448 g/mol. The Morgan fingerprint density at radius 3 is 2.38 bits per heavy atom. The van der Waals surface area contributed by atoms with Gasteiger partial charge in [0, 0.05) is 38.9 Å². The van der Waals surface area contributed by atoms with Crippen LogP contribution < -0.4 is 4.90 Å². The molecule has 0 aliphatic carbocycles. The Hall–Kier alpha value is -3.30. The van der Waals surface area contributed by atoms with Crippen LogP contribution in [-0.2, 0) is 22.1 Å². The number of hydrogen-bond acceptors (Lipinski definition) is 5. The Bertz CT molecular complexity index is 989. The number of aromatic nitrogens is 1. The van der Waals surface area contributed by atoms with Crippen molar-refractivity contribution in [3.05, 3.63) is 59.3 Å². The average molecular weight is 448 g/mol. The molecular weight excluding hydrogens is 425 g/mol. The number of nitrogens with zero attached hydrogens (tertiary/aromatic N) is 4. The Morgan fingerprint density at radius 2 is 1.75 bits per heavy atom. The number of pyridine rings is 1. The first-order valence-corrected chi connectivity index (χ1v) is 10.3. The van der Waals surface area contributed by atoms with E-state index in [0.717, 1.165) is 23.4 Å². The molecule has 2 aliphatic rings. The minimum atomic E-state index is -4.43. The summed E-state index contributed by atoms with van der Waals surface area (Å²) in [6.07, 6.45) is -3.52. The second-order valence-electron chi connectivity index (χ2n) is 7.73. The SMILES string of the molecule is COC(=O)N1CCc2ccccc2C1C(=O)N1CCN(c2ccc(C(F)(F)F)cn2)CC1. The molecule has 10 heteroatoms. The standard InChI is InChI=1S/C22H23F3N4O3/c1-32-21(31)29-9-8-15-4-2-3-5-17(15)19(29)20(30)28-12-10-27(11-13-28)18-7-6-16(14-26-18)22(23,24)25/h2-7,14,19H,8-13H2,1H3. The number of halogens is 3. The number of ether oxygens (including phenoxy) is 1. The summed E-state index contributed by atoms with van der Waals surface area (Å²) in [7, 11) is 1.29. The third-order valence-corrected chi connectivity index (χ3v) is 5.92. The lowest BCUT2D eigenvalue weighted by molar-refractivity contribution is -0.138. The summed E-state index contributed by atoms with van der Waals surface area (Å²) in [5, 5.41) is 0. The third-order valence-electron chi connectivity index (χ3n) is 5.92. The van der Waals surface area contributed by atoms with E-state index in [1.165, 1.54) is 18.1 Å². The number of fused-ring (bicyclic) bond motifs is 1. The van der Waals surface area contributed by atoms with Gasteiger partial charge in [0.15, 0.2) is 0 Å². The molecule has 32 heavy (non-hydrogen) atoms. The third kappa shape index (κ3) is 4.21. The molecule has 0 bridgehead atoms. The van der Waals surface area contributed by atoms with Crippen molar-refractivity contribution in [3.63, 3.8) is 0 Å². The number of rotatable bonds is 2. The predicted molar refractivity (Wildman–Crippen MR) is 110 cm³/mol. The smallest absolute Gasteiger partial charge is 0.417 e. The molecular formula is C22H23F3N4O3. The van der Waals surface area contributed by atoms with Gasteiger partial charge in [0.1, 0.15) is 11.9 Å². The number of hydrogen-bond donors (Lipinski definition) is 0. The Labute approximate surface area is 183 Å². The summed E-state index contributed by atoms with van der Waals surface area (Å²) < 4.78 is 43.2. The maximum atomic E-state index is 13.5. The molecule has 0 radical (unpaired) electrons. The van der Waals surface area contributed by atoms with Gasteiger partial charge < -0.3 is 14.5 Å². The van der Waals surface area contributed by atoms with E-state index in [1.54, 1.807) is 4.90 Å².